The highest BCUT2D eigenvalue weighted by atomic mass is 32.2. The first kappa shape index (κ1) is 18.5. The Hall–Kier alpha value is -2.28. The molecule has 3 rings (SSSR count). The summed E-state index contributed by atoms with van der Waals surface area (Å²) in [6.45, 7) is 6.78. The molecule has 1 aliphatic rings. The number of nitrogens with one attached hydrogen (secondary N) is 1. The van der Waals surface area contributed by atoms with Crippen molar-refractivity contribution < 1.29 is 13.2 Å². The third kappa shape index (κ3) is 3.23. The first-order valence-corrected chi connectivity index (χ1v) is 10.3. The molecule has 1 aliphatic heterocycles. The molecule has 1 aromatic carbocycles. The van der Waals surface area contributed by atoms with Gasteiger partial charge in [-0.15, -0.1) is 0 Å². The molecule has 7 heteroatoms. The van der Waals surface area contributed by atoms with Crippen molar-refractivity contribution in [3.63, 3.8) is 0 Å². The van der Waals surface area contributed by atoms with Crippen molar-refractivity contribution in [1.82, 2.24) is 9.47 Å². The number of hydrogen-bond donors (Lipinski definition) is 1. The summed E-state index contributed by atoms with van der Waals surface area (Å²) in [5, 5.41) is 0. The third-order valence-electron chi connectivity index (χ3n) is 5.07. The number of carbonyl (C=O) groups is 1. The molecular weight excluding hydrogens is 350 g/mol. The van der Waals surface area contributed by atoms with Crippen LogP contribution in [-0.2, 0) is 17.1 Å². The maximum Gasteiger partial charge on any atom is 0.264 e. The Morgan fingerprint density at radius 3 is 2.35 bits per heavy atom. The molecule has 0 unspecified atom stereocenters. The van der Waals surface area contributed by atoms with Crippen molar-refractivity contribution in [2.75, 3.05) is 17.8 Å². The van der Waals surface area contributed by atoms with Crippen LogP contribution in [-0.4, -0.2) is 36.9 Å². The maximum absolute atomic E-state index is 13.1. The van der Waals surface area contributed by atoms with E-state index in [1.54, 1.807) is 48.6 Å². The average molecular weight is 375 g/mol. The first-order valence-electron chi connectivity index (χ1n) is 8.77. The van der Waals surface area contributed by atoms with Gasteiger partial charge in [-0.05, 0) is 51.3 Å². The minimum atomic E-state index is -3.89. The van der Waals surface area contributed by atoms with Gasteiger partial charge < -0.3 is 9.47 Å². The van der Waals surface area contributed by atoms with Crippen molar-refractivity contribution in [3.05, 3.63) is 46.8 Å². The van der Waals surface area contributed by atoms with Gasteiger partial charge >= 0.3 is 0 Å². The topological polar surface area (TPSA) is 71.4 Å². The lowest BCUT2D eigenvalue weighted by Gasteiger charge is -2.17. The van der Waals surface area contributed by atoms with Crippen LogP contribution in [0.15, 0.2) is 29.2 Å². The molecule has 0 radical (unpaired) electrons. The van der Waals surface area contributed by atoms with Crippen LogP contribution in [0.4, 0.5) is 5.69 Å². The number of nitrogens with zero attached hydrogens (tertiary/aromatic N) is 2. The molecule has 0 saturated carbocycles. The molecular formula is C19H25N3O3S. The normalized spacial score (nSPS) is 14.7. The summed E-state index contributed by atoms with van der Waals surface area (Å²) in [5.41, 5.74) is 2.96. The summed E-state index contributed by atoms with van der Waals surface area (Å²) < 4.78 is 30.7. The largest absolute Gasteiger partial charge is 0.350 e. The fraction of sp³-hybridized carbons (Fsp3) is 0.421. The highest BCUT2D eigenvalue weighted by Gasteiger charge is 2.33. The molecule has 26 heavy (non-hydrogen) atoms. The summed E-state index contributed by atoms with van der Waals surface area (Å²) in [4.78, 5) is 14.9. The Labute approximate surface area is 154 Å². The van der Waals surface area contributed by atoms with Gasteiger partial charge in [0.05, 0.1) is 5.56 Å². The van der Waals surface area contributed by atoms with Crippen LogP contribution in [0.3, 0.4) is 0 Å². The van der Waals surface area contributed by atoms with Gasteiger partial charge in [0.25, 0.3) is 15.9 Å². The monoisotopic (exact) mass is 375 g/mol. The summed E-state index contributed by atoms with van der Waals surface area (Å²) in [5.74, 6) is -0.201. The second kappa shape index (κ2) is 6.79. The molecule has 6 nitrogen and oxygen atoms in total. The van der Waals surface area contributed by atoms with Crippen LogP contribution < -0.4 is 4.72 Å². The minimum absolute atomic E-state index is 0.0795. The van der Waals surface area contributed by atoms with E-state index < -0.39 is 10.0 Å². The van der Waals surface area contributed by atoms with E-state index in [4.69, 9.17) is 0 Å². The third-order valence-corrected chi connectivity index (χ3v) is 6.61. The van der Waals surface area contributed by atoms with E-state index in [-0.39, 0.29) is 16.4 Å². The molecule has 1 N–H and O–H groups in total. The van der Waals surface area contributed by atoms with Crippen LogP contribution in [0.5, 0.6) is 0 Å². The van der Waals surface area contributed by atoms with Gasteiger partial charge in [0.2, 0.25) is 0 Å². The summed E-state index contributed by atoms with van der Waals surface area (Å²) in [6.07, 6.45) is 1.92. The number of likely N-dealkylation sites (tertiary alicyclic amines) is 1. The lowest BCUT2D eigenvalue weighted by atomic mass is 10.2. The molecule has 1 fully saturated rings. The van der Waals surface area contributed by atoms with Gasteiger partial charge in [-0.2, -0.15) is 0 Å². The molecule has 1 saturated heterocycles. The second-order valence-corrected chi connectivity index (χ2v) is 8.53. The highest BCUT2D eigenvalue weighted by molar-refractivity contribution is 7.92. The number of aryl methyl sites for hydroxylation is 1. The van der Waals surface area contributed by atoms with E-state index in [0.717, 1.165) is 18.4 Å². The van der Waals surface area contributed by atoms with Crippen molar-refractivity contribution >= 4 is 21.6 Å². The van der Waals surface area contributed by atoms with Gasteiger partial charge in [0.15, 0.2) is 0 Å². The van der Waals surface area contributed by atoms with Gasteiger partial charge in [0, 0.05) is 37.2 Å². The van der Waals surface area contributed by atoms with Gasteiger partial charge in [-0.3, -0.25) is 9.52 Å². The predicted octanol–water partition coefficient (Wildman–Crippen LogP) is 2.99. The molecule has 0 spiro atoms. The van der Waals surface area contributed by atoms with Crippen molar-refractivity contribution in [1.29, 1.82) is 0 Å². The van der Waals surface area contributed by atoms with Crippen LogP contribution in [0, 0.1) is 20.8 Å². The standard InChI is InChI=1S/C19H25N3O3S/c1-13-8-7-9-16(12-13)20-26(24,25)18-15(3)21(4)14(2)17(18)19(23)22-10-5-6-11-22/h7-9,12,20H,5-6,10-11H2,1-4H3. The number of aromatic nitrogens is 1. The average Bonchev–Trinajstić information content (AvgIpc) is 3.17. The van der Waals surface area contributed by atoms with Crippen molar-refractivity contribution in [2.45, 2.75) is 38.5 Å². The number of anilines is 1. The van der Waals surface area contributed by atoms with E-state index in [1.807, 2.05) is 13.0 Å². The summed E-state index contributed by atoms with van der Waals surface area (Å²) in [7, 11) is -2.10. The number of benzene rings is 1. The smallest absolute Gasteiger partial charge is 0.264 e. The molecule has 2 heterocycles. The highest BCUT2D eigenvalue weighted by Crippen LogP contribution is 2.30. The van der Waals surface area contributed by atoms with Crippen LogP contribution in [0.1, 0.15) is 40.2 Å². The van der Waals surface area contributed by atoms with Crippen LogP contribution >= 0.6 is 0 Å². The molecule has 140 valence electrons. The SMILES string of the molecule is Cc1cccc(NS(=O)(=O)c2c(C(=O)N3CCCC3)c(C)n(C)c2C)c1. The van der Waals surface area contributed by atoms with Crippen LogP contribution in [0.25, 0.3) is 0 Å². The Balaban J connectivity index is 2.08. The fourth-order valence-electron chi connectivity index (χ4n) is 3.49. The van der Waals surface area contributed by atoms with Gasteiger partial charge in [0.1, 0.15) is 4.90 Å². The maximum atomic E-state index is 13.1. The molecule has 1 aromatic heterocycles. The molecule has 0 atom stereocenters. The number of hydrogen-bond acceptors (Lipinski definition) is 3. The first-order chi connectivity index (χ1) is 12.2. The predicted molar refractivity (Wildman–Crippen MR) is 102 cm³/mol. The van der Waals surface area contributed by atoms with Crippen molar-refractivity contribution in [3.8, 4) is 0 Å². The number of carbonyl (C=O) groups excluding carboxylic acids is 1. The molecule has 0 aliphatic carbocycles. The second-order valence-electron chi connectivity index (χ2n) is 6.91. The van der Waals surface area contributed by atoms with E-state index in [0.29, 0.717) is 30.2 Å². The molecule has 1 amide bonds. The van der Waals surface area contributed by atoms with Gasteiger partial charge in [-0.1, -0.05) is 12.1 Å². The summed E-state index contributed by atoms with van der Waals surface area (Å²) in [6, 6.07) is 7.17. The minimum Gasteiger partial charge on any atom is -0.350 e. The molecule has 0 bridgehead atoms. The quantitative estimate of drug-likeness (QED) is 0.893. The number of rotatable bonds is 4. The lowest BCUT2D eigenvalue weighted by Crippen LogP contribution is -2.30. The Morgan fingerprint density at radius 1 is 1.08 bits per heavy atom. The van der Waals surface area contributed by atoms with E-state index in [1.165, 1.54) is 0 Å². The van der Waals surface area contributed by atoms with E-state index >= 15 is 0 Å². The lowest BCUT2D eigenvalue weighted by molar-refractivity contribution is 0.0788. The number of amides is 1. The Bertz CT molecular complexity index is 955. The zero-order valence-corrected chi connectivity index (χ0v) is 16.5. The van der Waals surface area contributed by atoms with Crippen molar-refractivity contribution in [2.24, 2.45) is 7.05 Å². The van der Waals surface area contributed by atoms with E-state index in [9.17, 15) is 13.2 Å². The Morgan fingerprint density at radius 2 is 1.73 bits per heavy atom. The zero-order chi connectivity index (χ0) is 19.1. The van der Waals surface area contributed by atoms with E-state index in [2.05, 4.69) is 4.72 Å². The fourth-order valence-corrected chi connectivity index (χ4v) is 5.06. The number of sulfonamides is 1. The van der Waals surface area contributed by atoms with Gasteiger partial charge in [-0.25, -0.2) is 8.42 Å². The van der Waals surface area contributed by atoms with Crippen LogP contribution in [0.2, 0.25) is 0 Å². The zero-order valence-electron chi connectivity index (χ0n) is 15.7. The summed E-state index contributed by atoms with van der Waals surface area (Å²) >= 11 is 0. The Kier molecular flexibility index (Phi) is 4.84. The molecule has 2 aromatic rings.